The second-order valence-corrected chi connectivity index (χ2v) is 7.04. The predicted octanol–water partition coefficient (Wildman–Crippen LogP) is 6.36. The average Bonchev–Trinajstić information content (AvgIpc) is 3.18. The van der Waals surface area contributed by atoms with Gasteiger partial charge in [0.25, 0.3) is 11.6 Å². The molecule has 0 radical (unpaired) electrons. The van der Waals surface area contributed by atoms with Gasteiger partial charge in [0.05, 0.1) is 25.7 Å². The average molecular weight is 463 g/mol. The van der Waals surface area contributed by atoms with Gasteiger partial charge in [-0.3, -0.25) is 14.9 Å². The molecule has 0 atom stereocenters. The Balaban J connectivity index is 1.86. The number of anilines is 1. The van der Waals surface area contributed by atoms with Crippen LogP contribution in [0.5, 0.6) is 0 Å². The van der Waals surface area contributed by atoms with Gasteiger partial charge in [0.2, 0.25) is 0 Å². The fourth-order valence-electron chi connectivity index (χ4n) is 2.47. The topological polar surface area (TPSA) is 109 Å². The van der Waals surface area contributed by atoms with Gasteiger partial charge in [-0.1, -0.05) is 40.9 Å². The zero-order valence-corrected chi connectivity index (χ0v) is 17.1. The molecule has 0 saturated heterocycles. The van der Waals surface area contributed by atoms with Gasteiger partial charge in [0, 0.05) is 23.8 Å². The molecule has 0 spiro atoms. The molecule has 30 heavy (non-hydrogen) atoms. The molecule has 0 aliphatic carbocycles. The zero-order valence-electron chi connectivity index (χ0n) is 14.9. The molecule has 150 valence electrons. The molecule has 0 aliphatic heterocycles. The number of hydrogen-bond acceptors (Lipinski definition) is 5. The lowest BCUT2D eigenvalue weighted by molar-refractivity contribution is -0.384. The summed E-state index contributed by atoms with van der Waals surface area (Å²) >= 11 is 18.2. The monoisotopic (exact) mass is 461 g/mol. The van der Waals surface area contributed by atoms with Crippen molar-refractivity contribution in [3.05, 3.63) is 85.0 Å². The normalized spacial score (nSPS) is 11.1. The Morgan fingerprint density at radius 3 is 2.60 bits per heavy atom. The summed E-state index contributed by atoms with van der Waals surface area (Å²) in [6.45, 7) is 0. The van der Waals surface area contributed by atoms with Crippen LogP contribution in [0.1, 0.15) is 5.76 Å². The van der Waals surface area contributed by atoms with Crippen LogP contribution in [0, 0.1) is 21.4 Å². The van der Waals surface area contributed by atoms with E-state index in [1.807, 2.05) is 0 Å². The number of amides is 1. The number of carbonyl (C=O) groups is 1. The maximum atomic E-state index is 12.4. The first-order chi connectivity index (χ1) is 14.3. The molecule has 1 amide bonds. The molecule has 7 nitrogen and oxygen atoms in total. The van der Waals surface area contributed by atoms with Gasteiger partial charge in [-0.05, 0) is 30.3 Å². The molecule has 0 saturated carbocycles. The van der Waals surface area contributed by atoms with Crippen LogP contribution in [0.4, 0.5) is 11.4 Å². The van der Waals surface area contributed by atoms with Crippen LogP contribution in [0.15, 0.2) is 58.5 Å². The predicted molar refractivity (Wildman–Crippen MR) is 114 cm³/mol. The number of nitro groups is 1. The Kier molecular flexibility index (Phi) is 6.43. The summed E-state index contributed by atoms with van der Waals surface area (Å²) in [5, 5.41) is 23.4. The van der Waals surface area contributed by atoms with Gasteiger partial charge in [-0.25, -0.2) is 0 Å². The molecular weight excluding hydrogens is 453 g/mol. The molecule has 1 aromatic heterocycles. The SMILES string of the molecule is N#C/C(=C\c1ccc(-c2cccc(Cl)c2Cl)o1)C(=O)Nc1cc([N+](=O)[O-])ccc1Cl. The van der Waals surface area contributed by atoms with Crippen molar-refractivity contribution in [1.82, 2.24) is 0 Å². The number of nitriles is 1. The number of benzene rings is 2. The van der Waals surface area contributed by atoms with Crippen LogP contribution in [0.25, 0.3) is 17.4 Å². The highest BCUT2D eigenvalue weighted by atomic mass is 35.5. The minimum absolute atomic E-state index is 0.00265. The number of nitrogens with zero attached hydrogens (tertiary/aromatic N) is 2. The van der Waals surface area contributed by atoms with E-state index in [0.717, 1.165) is 6.07 Å². The van der Waals surface area contributed by atoms with E-state index in [1.165, 1.54) is 18.2 Å². The highest BCUT2D eigenvalue weighted by Gasteiger charge is 2.16. The van der Waals surface area contributed by atoms with Gasteiger partial charge in [0.15, 0.2) is 0 Å². The van der Waals surface area contributed by atoms with Gasteiger partial charge in [0.1, 0.15) is 23.2 Å². The van der Waals surface area contributed by atoms with Crippen LogP contribution in [-0.2, 0) is 4.79 Å². The van der Waals surface area contributed by atoms with E-state index in [-0.39, 0.29) is 27.7 Å². The van der Waals surface area contributed by atoms with E-state index < -0.39 is 10.8 Å². The number of halogens is 3. The van der Waals surface area contributed by atoms with Crippen LogP contribution < -0.4 is 5.32 Å². The van der Waals surface area contributed by atoms with E-state index in [1.54, 1.807) is 36.4 Å². The summed E-state index contributed by atoms with van der Waals surface area (Å²) in [6.07, 6.45) is 1.22. The second kappa shape index (κ2) is 9.01. The number of nitrogens with one attached hydrogen (secondary N) is 1. The molecule has 0 aliphatic rings. The van der Waals surface area contributed by atoms with Crippen LogP contribution in [-0.4, -0.2) is 10.8 Å². The molecule has 0 unspecified atom stereocenters. The fraction of sp³-hybridized carbons (Fsp3) is 0. The van der Waals surface area contributed by atoms with E-state index in [2.05, 4.69) is 5.32 Å². The molecule has 3 aromatic rings. The van der Waals surface area contributed by atoms with Crippen molar-refractivity contribution in [3.8, 4) is 17.4 Å². The van der Waals surface area contributed by atoms with Gasteiger partial charge in [-0.2, -0.15) is 5.26 Å². The van der Waals surface area contributed by atoms with Gasteiger partial charge >= 0.3 is 0 Å². The molecule has 0 bridgehead atoms. The fourth-order valence-corrected chi connectivity index (χ4v) is 3.03. The third kappa shape index (κ3) is 4.63. The first-order valence-electron chi connectivity index (χ1n) is 8.21. The highest BCUT2D eigenvalue weighted by molar-refractivity contribution is 6.43. The van der Waals surface area contributed by atoms with Crippen molar-refractivity contribution in [2.75, 3.05) is 5.32 Å². The van der Waals surface area contributed by atoms with Crippen LogP contribution in [0.3, 0.4) is 0 Å². The van der Waals surface area contributed by atoms with E-state index >= 15 is 0 Å². The zero-order chi connectivity index (χ0) is 21.8. The Labute approximate surface area is 185 Å². The first-order valence-corrected chi connectivity index (χ1v) is 9.35. The lowest BCUT2D eigenvalue weighted by Gasteiger charge is -2.06. The first kappa shape index (κ1) is 21.4. The van der Waals surface area contributed by atoms with E-state index in [4.69, 9.17) is 39.2 Å². The third-order valence-corrected chi connectivity index (χ3v) is 5.05. The second-order valence-electron chi connectivity index (χ2n) is 5.85. The molecule has 1 N–H and O–H groups in total. The van der Waals surface area contributed by atoms with Crippen molar-refractivity contribution in [2.45, 2.75) is 0 Å². The summed E-state index contributed by atoms with van der Waals surface area (Å²) in [5.74, 6) is -0.190. The quantitative estimate of drug-likeness (QED) is 0.205. The minimum atomic E-state index is -0.807. The summed E-state index contributed by atoms with van der Waals surface area (Å²) in [6, 6.07) is 13.6. The lowest BCUT2D eigenvalue weighted by atomic mass is 10.2. The molecule has 1 heterocycles. The van der Waals surface area contributed by atoms with Gasteiger partial charge < -0.3 is 9.73 Å². The van der Waals surface area contributed by atoms with E-state index in [0.29, 0.717) is 21.4 Å². The Morgan fingerprint density at radius 2 is 1.90 bits per heavy atom. The maximum absolute atomic E-state index is 12.4. The number of nitro benzene ring substituents is 1. The van der Waals surface area contributed by atoms with E-state index in [9.17, 15) is 20.2 Å². The number of furan rings is 1. The minimum Gasteiger partial charge on any atom is -0.457 e. The lowest BCUT2D eigenvalue weighted by Crippen LogP contribution is -2.13. The molecule has 10 heteroatoms. The number of carbonyl (C=O) groups excluding carboxylic acids is 1. The van der Waals surface area contributed by atoms with Crippen molar-refractivity contribution >= 4 is 58.2 Å². The summed E-state index contributed by atoms with van der Waals surface area (Å²) in [5.41, 5.74) is -0.0000550. The molecule has 0 fully saturated rings. The third-order valence-electron chi connectivity index (χ3n) is 3.90. The molecular formula is C20H10Cl3N3O4. The molecule has 3 rings (SSSR count). The number of hydrogen-bond donors (Lipinski definition) is 1. The Hall–Kier alpha value is -3.31. The summed E-state index contributed by atoms with van der Waals surface area (Å²) in [4.78, 5) is 22.7. The number of rotatable bonds is 5. The van der Waals surface area contributed by atoms with Gasteiger partial charge in [-0.15, -0.1) is 0 Å². The van der Waals surface area contributed by atoms with Crippen LogP contribution in [0.2, 0.25) is 15.1 Å². The molecule has 2 aromatic carbocycles. The standard InChI is InChI=1S/C20H10Cl3N3O4/c21-15-6-4-12(26(28)29)9-17(15)25-20(27)11(10-24)8-13-5-7-18(30-13)14-2-1-3-16(22)19(14)23/h1-9H,(H,25,27)/b11-8+. The summed E-state index contributed by atoms with van der Waals surface area (Å²) < 4.78 is 5.65. The Bertz CT molecular complexity index is 1230. The van der Waals surface area contributed by atoms with Crippen LogP contribution >= 0.6 is 34.8 Å². The smallest absolute Gasteiger partial charge is 0.271 e. The highest BCUT2D eigenvalue weighted by Crippen LogP contribution is 2.34. The van der Waals surface area contributed by atoms with Crippen molar-refractivity contribution in [2.24, 2.45) is 0 Å². The van der Waals surface area contributed by atoms with Crippen molar-refractivity contribution in [3.63, 3.8) is 0 Å². The van der Waals surface area contributed by atoms with Crippen molar-refractivity contribution in [1.29, 1.82) is 5.26 Å². The summed E-state index contributed by atoms with van der Waals surface area (Å²) in [7, 11) is 0. The number of non-ortho nitro benzene ring substituents is 1. The maximum Gasteiger partial charge on any atom is 0.271 e. The Morgan fingerprint density at radius 1 is 1.13 bits per heavy atom. The largest absolute Gasteiger partial charge is 0.457 e. The van der Waals surface area contributed by atoms with Crippen molar-refractivity contribution < 1.29 is 14.1 Å².